The van der Waals surface area contributed by atoms with E-state index in [0.29, 0.717) is 5.56 Å². The second-order valence-electron chi connectivity index (χ2n) is 4.05. The molecule has 2 aromatic carbocycles. The molecular formula is C16H16F2O3. The van der Waals surface area contributed by atoms with Gasteiger partial charge in [-0.1, -0.05) is 35.9 Å². The number of benzene rings is 2. The van der Waals surface area contributed by atoms with Crippen LogP contribution in [0, 0.1) is 6.92 Å². The maximum Gasteiger partial charge on any atom is 0.387 e. The molecular weight excluding hydrogens is 278 g/mol. The minimum Gasteiger partial charge on any atom is -0.465 e. The van der Waals surface area contributed by atoms with Crippen molar-refractivity contribution in [2.45, 2.75) is 13.5 Å². The zero-order chi connectivity index (χ0) is 15.7. The van der Waals surface area contributed by atoms with E-state index in [4.69, 9.17) is 0 Å². The Morgan fingerprint density at radius 1 is 1.00 bits per heavy atom. The Balaban J connectivity index is 0.000000211. The molecule has 0 unspecified atom stereocenters. The molecule has 0 aliphatic heterocycles. The molecule has 0 aromatic heterocycles. The minimum absolute atomic E-state index is 0.192. The van der Waals surface area contributed by atoms with Crippen molar-refractivity contribution in [3.05, 3.63) is 65.7 Å². The molecule has 0 N–H and O–H groups in total. The lowest BCUT2D eigenvalue weighted by Gasteiger charge is -2.01. The van der Waals surface area contributed by atoms with Crippen LogP contribution in [0.15, 0.2) is 54.6 Å². The summed E-state index contributed by atoms with van der Waals surface area (Å²) in [5, 5.41) is 0. The van der Waals surface area contributed by atoms with E-state index in [2.05, 4.69) is 9.47 Å². The van der Waals surface area contributed by atoms with Gasteiger partial charge in [0.05, 0.1) is 12.7 Å². The number of carbonyl (C=O) groups is 1. The smallest absolute Gasteiger partial charge is 0.387 e. The SMILES string of the molecule is COC(=O)c1ccc(C)cc1.FC(F)Oc1ccccc1. The van der Waals surface area contributed by atoms with E-state index >= 15 is 0 Å². The summed E-state index contributed by atoms with van der Waals surface area (Å²) >= 11 is 0. The largest absolute Gasteiger partial charge is 0.465 e. The molecule has 0 aliphatic carbocycles. The van der Waals surface area contributed by atoms with E-state index in [0.717, 1.165) is 5.56 Å². The molecule has 112 valence electrons. The standard InChI is InChI=1S/C9H10O2.C7H6F2O/c1-7-3-5-8(6-4-7)9(10)11-2;8-7(9)10-6-4-2-1-3-5-6/h3-6H,1-2H3;1-5,7H. The number of alkyl halides is 2. The molecule has 0 saturated heterocycles. The number of carbonyl (C=O) groups excluding carboxylic acids is 1. The Kier molecular flexibility index (Phi) is 6.87. The van der Waals surface area contributed by atoms with Gasteiger partial charge in [-0.3, -0.25) is 0 Å². The van der Waals surface area contributed by atoms with Crippen LogP contribution in [-0.4, -0.2) is 19.7 Å². The summed E-state index contributed by atoms with van der Waals surface area (Å²) in [7, 11) is 1.38. The molecule has 0 atom stereocenters. The predicted molar refractivity (Wildman–Crippen MR) is 75.6 cm³/mol. The van der Waals surface area contributed by atoms with E-state index in [9.17, 15) is 13.6 Å². The fraction of sp³-hybridized carbons (Fsp3) is 0.188. The van der Waals surface area contributed by atoms with Crippen LogP contribution in [0.1, 0.15) is 15.9 Å². The van der Waals surface area contributed by atoms with E-state index in [1.165, 1.54) is 19.2 Å². The van der Waals surface area contributed by atoms with E-state index in [1.54, 1.807) is 30.3 Å². The lowest BCUT2D eigenvalue weighted by molar-refractivity contribution is -0.0498. The second-order valence-corrected chi connectivity index (χ2v) is 4.05. The van der Waals surface area contributed by atoms with Gasteiger partial charge in [-0.05, 0) is 31.2 Å². The topological polar surface area (TPSA) is 35.5 Å². The maximum absolute atomic E-state index is 11.5. The summed E-state index contributed by atoms with van der Waals surface area (Å²) in [5.41, 5.74) is 1.73. The van der Waals surface area contributed by atoms with Crippen molar-refractivity contribution in [1.29, 1.82) is 0 Å². The van der Waals surface area contributed by atoms with E-state index < -0.39 is 6.61 Å². The number of methoxy groups -OCH3 is 1. The van der Waals surface area contributed by atoms with Crippen molar-refractivity contribution in [3.8, 4) is 5.75 Å². The molecule has 0 radical (unpaired) electrons. The van der Waals surface area contributed by atoms with Crippen LogP contribution in [0.25, 0.3) is 0 Å². The van der Waals surface area contributed by atoms with Crippen LogP contribution in [0.3, 0.4) is 0 Å². The van der Waals surface area contributed by atoms with E-state index in [-0.39, 0.29) is 11.7 Å². The number of halogens is 2. The number of hydrogen-bond donors (Lipinski definition) is 0. The van der Waals surface area contributed by atoms with Crippen molar-refractivity contribution in [3.63, 3.8) is 0 Å². The summed E-state index contributed by atoms with van der Waals surface area (Å²) in [6.45, 7) is -0.761. The Bertz CT molecular complexity index is 539. The quantitative estimate of drug-likeness (QED) is 0.800. The van der Waals surface area contributed by atoms with Gasteiger partial charge in [0.2, 0.25) is 0 Å². The van der Waals surface area contributed by atoms with Crippen molar-refractivity contribution in [1.82, 2.24) is 0 Å². The van der Waals surface area contributed by atoms with Crippen LogP contribution in [-0.2, 0) is 4.74 Å². The van der Waals surface area contributed by atoms with Gasteiger partial charge in [0.1, 0.15) is 5.75 Å². The molecule has 0 bridgehead atoms. The first-order valence-electron chi connectivity index (χ1n) is 6.17. The zero-order valence-electron chi connectivity index (χ0n) is 11.8. The summed E-state index contributed by atoms with van der Waals surface area (Å²) in [5.74, 6) is -0.0949. The van der Waals surface area contributed by atoms with Crippen molar-refractivity contribution in [2.24, 2.45) is 0 Å². The number of aryl methyl sites for hydroxylation is 1. The molecule has 21 heavy (non-hydrogen) atoms. The first kappa shape index (κ1) is 16.6. The summed E-state index contributed by atoms with van der Waals surface area (Å²) < 4.78 is 31.6. The van der Waals surface area contributed by atoms with Gasteiger partial charge in [0.15, 0.2) is 0 Å². The highest BCUT2D eigenvalue weighted by atomic mass is 19.3. The molecule has 2 rings (SSSR count). The highest BCUT2D eigenvalue weighted by Gasteiger charge is 2.02. The van der Waals surface area contributed by atoms with Crippen LogP contribution in [0.5, 0.6) is 5.75 Å². The minimum atomic E-state index is -2.73. The molecule has 5 heteroatoms. The highest BCUT2D eigenvalue weighted by molar-refractivity contribution is 5.89. The summed E-state index contributed by atoms with van der Waals surface area (Å²) in [6, 6.07) is 15.2. The summed E-state index contributed by atoms with van der Waals surface area (Å²) in [4.78, 5) is 10.9. The third-order valence-corrected chi connectivity index (χ3v) is 2.44. The van der Waals surface area contributed by atoms with Gasteiger partial charge in [-0.2, -0.15) is 8.78 Å². The third kappa shape index (κ3) is 6.51. The molecule has 0 fully saturated rings. The Morgan fingerprint density at radius 3 is 2.05 bits per heavy atom. The Labute approximate surface area is 122 Å². The first-order chi connectivity index (χ1) is 10.0. The molecule has 0 spiro atoms. The normalized spacial score (nSPS) is 9.57. The monoisotopic (exact) mass is 294 g/mol. The molecule has 0 aliphatic rings. The van der Waals surface area contributed by atoms with Crippen LogP contribution >= 0.6 is 0 Å². The van der Waals surface area contributed by atoms with Crippen molar-refractivity contribution < 1.29 is 23.0 Å². The van der Waals surface area contributed by atoms with Gasteiger partial charge in [0, 0.05) is 0 Å². The van der Waals surface area contributed by atoms with Gasteiger partial charge < -0.3 is 9.47 Å². The predicted octanol–water partition coefficient (Wildman–Crippen LogP) is 4.07. The van der Waals surface area contributed by atoms with Gasteiger partial charge in [-0.15, -0.1) is 0 Å². The fourth-order valence-electron chi connectivity index (χ4n) is 1.41. The van der Waals surface area contributed by atoms with Crippen molar-refractivity contribution >= 4 is 5.97 Å². The number of ether oxygens (including phenoxy) is 2. The molecule has 0 saturated carbocycles. The number of rotatable bonds is 3. The highest BCUT2D eigenvalue weighted by Crippen LogP contribution is 2.11. The van der Waals surface area contributed by atoms with Gasteiger partial charge >= 0.3 is 12.6 Å². The van der Waals surface area contributed by atoms with Crippen molar-refractivity contribution in [2.75, 3.05) is 7.11 Å². The number of esters is 1. The average Bonchev–Trinajstić information content (AvgIpc) is 2.48. The number of para-hydroxylation sites is 1. The van der Waals surface area contributed by atoms with Gasteiger partial charge in [-0.25, -0.2) is 4.79 Å². The number of hydrogen-bond acceptors (Lipinski definition) is 3. The Morgan fingerprint density at radius 2 is 1.57 bits per heavy atom. The molecule has 2 aromatic rings. The fourth-order valence-corrected chi connectivity index (χ4v) is 1.41. The molecule has 3 nitrogen and oxygen atoms in total. The lowest BCUT2D eigenvalue weighted by atomic mass is 10.2. The lowest BCUT2D eigenvalue weighted by Crippen LogP contribution is -2.00. The van der Waals surface area contributed by atoms with Crippen LogP contribution < -0.4 is 4.74 Å². The van der Waals surface area contributed by atoms with Crippen LogP contribution in [0.2, 0.25) is 0 Å². The zero-order valence-corrected chi connectivity index (χ0v) is 11.8. The van der Waals surface area contributed by atoms with Gasteiger partial charge in [0.25, 0.3) is 0 Å². The molecule has 0 amide bonds. The Hall–Kier alpha value is -2.43. The maximum atomic E-state index is 11.5. The third-order valence-electron chi connectivity index (χ3n) is 2.44. The summed E-state index contributed by atoms with van der Waals surface area (Å²) in [6.07, 6.45) is 0. The molecule has 0 heterocycles. The first-order valence-corrected chi connectivity index (χ1v) is 6.17. The second kappa shape index (κ2) is 8.68. The van der Waals surface area contributed by atoms with Crippen LogP contribution in [0.4, 0.5) is 8.78 Å². The average molecular weight is 294 g/mol. The van der Waals surface area contributed by atoms with E-state index in [1.807, 2.05) is 19.1 Å².